The van der Waals surface area contributed by atoms with Crippen LogP contribution in [0.4, 0.5) is 0 Å². The van der Waals surface area contributed by atoms with Crippen molar-refractivity contribution in [2.24, 2.45) is 0 Å². The number of aryl methyl sites for hydroxylation is 2. The molecule has 0 atom stereocenters. The SMILES string of the molecule is Cc1ccc(Cn2c(C)c[nH]c2=S)cc1. The number of H-pyrrole nitrogens is 1. The highest BCUT2D eigenvalue weighted by Gasteiger charge is 2.00. The van der Waals surface area contributed by atoms with E-state index in [1.165, 1.54) is 16.8 Å². The Morgan fingerprint density at radius 3 is 2.40 bits per heavy atom. The van der Waals surface area contributed by atoms with E-state index in [1.807, 2.05) is 6.20 Å². The lowest BCUT2D eigenvalue weighted by Gasteiger charge is -2.05. The van der Waals surface area contributed by atoms with Crippen LogP contribution >= 0.6 is 12.2 Å². The van der Waals surface area contributed by atoms with Gasteiger partial charge >= 0.3 is 0 Å². The van der Waals surface area contributed by atoms with Crippen molar-refractivity contribution in [1.29, 1.82) is 0 Å². The number of imidazole rings is 1. The summed E-state index contributed by atoms with van der Waals surface area (Å²) in [7, 11) is 0. The molecule has 15 heavy (non-hydrogen) atoms. The van der Waals surface area contributed by atoms with Crippen LogP contribution in [0, 0.1) is 18.6 Å². The summed E-state index contributed by atoms with van der Waals surface area (Å²) in [6.45, 7) is 4.99. The van der Waals surface area contributed by atoms with Gasteiger partial charge in [0, 0.05) is 11.9 Å². The van der Waals surface area contributed by atoms with Gasteiger partial charge in [-0.05, 0) is 31.6 Å². The molecule has 2 rings (SSSR count). The van der Waals surface area contributed by atoms with Crippen molar-refractivity contribution in [3.05, 3.63) is 52.1 Å². The van der Waals surface area contributed by atoms with Crippen LogP contribution in [0.15, 0.2) is 30.5 Å². The Labute approximate surface area is 94.6 Å². The summed E-state index contributed by atoms with van der Waals surface area (Å²) >= 11 is 5.21. The molecule has 0 amide bonds. The smallest absolute Gasteiger partial charge is 0.177 e. The molecule has 0 aliphatic heterocycles. The lowest BCUT2D eigenvalue weighted by Crippen LogP contribution is -2.01. The average molecular weight is 218 g/mol. The van der Waals surface area contributed by atoms with E-state index in [2.05, 4.69) is 47.7 Å². The highest BCUT2D eigenvalue weighted by Crippen LogP contribution is 2.08. The van der Waals surface area contributed by atoms with Crippen molar-refractivity contribution >= 4 is 12.2 Å². The summed E-state index contributed by atoms with van der Waals surface area (Å²) in [6, 6.07) is 8.54. The molecule has 1 aromatic heterocycles. The summed E-state index contributed by atoms with van der Waals surface area (Å²) < 4.78 is 2.88. The molecule has 0 aliphatic rings. The summed E-state index contributed by atoms with van der Waals surface area (Å²) in [4.78, 5) is 3.05. The number of nitrogens with zero attached hydrogens (tertiary/aromatic N) is 1. The monoisotopic (exact) mass is 218 g/mol. The van der Waals surface area contributed by atoms with E-state index in [0.29, 0.717) is 0 Å². The molecule has 78 valence electrons. The van der Waals surface area contributed by atoms with Gasteiger partial charge in [-0.25, -0.2) is 0 Å². The highest BCUT2D eigenvalue weighted by atomic mass is 32.1. The first-order chi connectivity index (χ1) is 7.16. The maximum absolute atomic E-state index is 5.21. The number of aromatic nitrogens is 2. The van der Waals surface area contributed by atoms with Crippen molar-refractivity contribution in [1.82, 2.24) is 9.55 Å². The molecule has 0 aliphatic carbocycles. The largest absolute Gasteiger partial charge is 0.337 e. The summed E-state index contributed by atoms with van der Waals surface area (Å²) in [5, 5.41) is 0. The van der Waals surface area contributed by atoms with Gasteiger partial charge in [0.2, 0.25) is 0 Å². The van der Waals surface area contributed by atoms with Crippen molar-refractivity contribution in [3.8, 4) is 0 Å². The molecular weight excluding hydrogens is 204 g/mol. The van der Waals surface area contributed by atoms with E-state index < -0.39 is 0 Å². The topological polar surface area (TPSA) is 20.7 Å². The first-order valence-electron chi connectivity index (χ1n) is 4.97. The van der Waals surface area contributed by atoms with Gasteiger partial charge in [-0.15, -0.1) is 0 Å². The van der Waals surface area contributed by atoms with Crippen molar-refractivity contribution < 1.29 is 0 Å². The molecule has 0 spiro atoms. The Hall–Kier alpha value is -1.35. The molecule has 2 aromatic rings. The predicted octanol–water partition coefficient (Wildman–Crippen LogP) is 3.21. The van der Waals surface area contributed by atoms with Crippen LogP contribution in [-0.4, -0.2) is 9.55 Å². The van der Waals surface area contributed by atoms with Crippen LogP contribution in [0.1, 0.15) is 16.8 Å². The van der Waals surface area contributed by atoms with E-state index in [1.54, 1.807) is 0 Å². The zero-order chi connectivity index (χ0) is 10.8. The summed E-state index contributed by atoms with van der Waals surface area (Å²) in [5.74, 6) is 0. The van der Waals surface area contributed by atoms with Gasteiger partial charge < -0.3 is 9.55 Å². The Morgan fingerprint density at radius 2 is 1.87 bits per heavy atom. The van der Waals surface area contributed by atoms with E-state index in [0.717, 1.165) is 11.3 Å². The van der Waals surface area contributed by atoms with Crippen LogP contribution < -0.4 is 0 Å². The number of rotatable bonds is 2. The number of hydrogen-bond acceptors (Lipinski definition) is 1. The van der Waals surface area contributed by atoms with E-state index in [-0.39, 0.29) is 0 Å². The van der Waals surface area contributed by atoms with E-state index >= 15 is 0 Å². The molecule has 0 saturated heterocycles. The van der Waals surface area contributed by atoms with Gasteiger partial charge in [0.15, 0.2) is 4.77 Å². The zero-order valence-electron chi connectivity index (χ0n) is 8.95. The molecule has 2 nitrogen and oxygen atoms in total. The second kappa shape index (κ2) is 4.03. The van der Waals surface area contributed by atoms with E-state index in [4.69, 9.17) is 12.2 Å². The van der Waals surface area contributed by atoms with Gasteiger partial charge in [-0.2, -0.15) is 0 Å². The number of nitrogens with one attached hydrogen (secondary N) is 1. The third-order valence-electron chi connectivity index (χ3n) is 2.54. The maximum atomic E-state index is 5.21. The van der Waals surface area contributed by atoms with Gasteiger partial charge in [0.1, 0.15) is 0 Å². The summed E-state index contributed by atoms with van der Waals surface area (Å²) in [5.41, 5.74) is 3.73. The molecule has 1 N–H and O–H groups in total. The molecule has 1 heterocycles. The van der Waals surface area contributed by atoms with Crippen molar-refractivity contribution in [2.45, 2.75) is 20.4 Å². The van der Waals surface area contributed by atoms with Gasteiger partial charge in [0.25, 0.3) is 0 Å². The molecule has 0 radical (unpaired) electrons. The Bertz CT molecular complexity index is 505. The fourth-order valence-corrected chi connectivity index (χ4v) is 1.82. The third kappa shape index (κ3) is 2.18. The molecule has 0 bridgehead atoms. The Balaban J connectivity index is 2.29. The molecule has 3 heteroatoms. The second-order valence-electron chi connectivity index (χ2n) is 3.81. The normalized spacial score (nSPS) is 10.5. The number of benzene rings is 1. The van der Waals surface area contributed by atoms with Gasteiger partial charge in [-0.1, -0.05) is 29.8 Å². The Kier molecular flexibility index (Phi) is 2.73. The molecule has 0 unspecified atom stereocenters. The fraction of sp³-hybridized carbons (Fsp3) is 0.250. The molecule has 1 aromatic carbocycles. The minimum Gasteiger partial charge on any atom is -0.337 e. The first kappa shape index (κ1) is 10.2. The van der Waals surface area contributed by atoms with Crippen LogP contribution in [0.5, 0.6) is 0 Å². The van der Waals surface area contributed by atoms with Gasteiger partial charge in [0.05, 0.1) is 6.54 Å². The minimum absolute atomic E-state index is 0.785. The van der Waals surface area contributed by atoms with Crippen LogP contribution in [0.2, 0.25) is 0 Å². The summed E-state index contributed by atoms with van der Waals surface area (Å²) in [6.07, 6.45) is 1.94. The van der Waals surface area contributed by atoms with E-state index in [9.17, 15) is 0 Å². The lowest BCUT2D eigenvalue weighted by molar-refractivity contribution is 0.758. The highest BCUT2D eigenvalue weighted by molar-refractivity contribution is 7.71. The van der Waals surface area contributed by atoms with Crippen LogP contribution in [0.25, 0.3) is 0 Å². The fourth-order valence-electron chi connectivity index (χ4n) is 1.55. The quantitative estimate of drug-likeness (QED) is 0.768. The Morgan fingerprint density at radius 1 is 1.20 bits per heavy atom. The first-order valence-corrected chi connectivity index (χ1v) is 5.38. The molecule has 0 fully saturated rings. The van der Waals surface area contributed by atoms with Crippen molar-refractivity contribution in [3.63, 3.8) is 0 Å². The minimum atomic E-state index is 0.785. The number of hydrogen-bond donors (Lipinski definition) is 1. The third-order valence-corrected chi connectivity index (χ3v) is 2.87. The van der Waals surface area contributed by atoms with Gasteiger partial charge in [-0.3, -0.25) is 0 Å². The zero-order valence-corrected chi connectivity index (χ0v) is 9.77. The number of aromatic amines is 1. The van der Waals surface area contributed by atoms with Crippen LogP contribution in [0.3, 0.4) is 0 Å². The molecule has 0 saturated carbocycles. The lowest BCUT2D eigenvalue weighted by atomic mass is 10.1. The van der Waals surface area contributed by atoms with Crippen LogP contribution in [-0.2, 0) is 6.54 Å². The predicted molar refractivity (Wildman–Crippen MR) is 64.6 cm³/mol. The van der Waals surface area contributed by atoms with Crippen molar-refractivity contribution in [2.75, 3.05) is 0 Å². The maximum Gasteiger partial charge on any atom is 0.177 e. The standard InChI is InChI=1S/C12H14N2S/c1-9-3-5-11(6-4-9)8-14-10(2)7-13-12(14)15/h3-7H,8H2,1-2H3,(H,13,15). The molecular formula is C12H14N2S. The average Bonchev–Trinajstić information content (AvgIpc) is 2.53. The second-order valence-corrected chi connectivity index (χ2v) is 4.19.